The minimum absolute atomic E-state index is 0.0276. The van der Waals surface area contributed by atoms with Gasteiger partial charge in [0.2, 0.25) is 15.3 Å². The van der Waals surface area contributed by atoms with Gasteiger partial charge in [0.1, 0.15) is 4.90 Å². The fourth-order valence-corrected chi connectivity index (χ4v) is 2.53. The molecule has 1 heterocycles. The summed E-state index contributed by atoms with van der Waals surface area (Å²) in [5.74, 6) is 0. The molecule has 0 bridgehead atoms. The summed E-state index contributed by atoms with van der Waals surface area (Å²) in [4.78, 5) is 7.30. The Morgan fingerprint density at radius 3 is 2.50 bits per heavy atom. The van der Waals surface area contributed by atoms with Crippen LogP contribution in [0.1, 0.15) is 26.7 Å². The van der Waals surface area contributed by atoms with Crippen LogP contribution in [-0.4, -0.2) is 24.4 Å². The van der Waals surface area contributed by atoms with Gasteiger partial charge in [0.05, 0.1) is 12.4 Å². The number of aromatic nitrogens is 2. The van der Waals surface area contributed by atoms with E-state index in [-0.39, 0.29) is 16.2 Å². The largest absolute Gasteiger partial charge is 0.243 e. The van der Waals surface area contributed by atoms with Crippen molar-refractivity contribution in [3.8, 4) is 0 Å². The Balaban J connectivity index is 2.82. The minimum Gasteiger partial charge on any atom is -0.225 e. The van der Waals surface area contributed by atoms with Crippen molar-refractivity contribution in [1.82, 2.24) is 14.7 Å². The summed E-state index contributed by atoms with van der Waals surface area (Å²) in [5.41, 5.74) is 0. The lowest BCUT2D eigenvalue weighted by Crippen LogP contribution is -2.32. The minimum atomic E-state index is -3.53. The highest BCUT2D eigenvalue weighted by molar-refractivity contribution is 7.89. The highest BCUT2D eigenvalue weighted by atomic mass is 35.5. The van der Waals surface area contributed by atoms with Gasteiger partial charge in [-0.3, -0.25) is 0 Å². The monoisotopic (exact) mass is 263 g/mol. The molecule has 1 N–H and O–H groups in total. The van der Waals surface area contributed by atoms with Crippen LogP contribution in [0.5, 0.6) is 0 Å². The molecule has 0 radical (unpaired) electrons. The predicted octanol–water partition coefficient (Wildman–Crippen LogP) is 1.60. The molecule has 0 aliphatic heterocycles. The second kappa shape index (κ2) is 5.56. The van der Waals surface area contributed by atoms with Gasteiger partial charge in [-0.05, 0) is 24.9 Å². The smallest absolute Gasteiger partial charge is 0.225 e. The zero-order chi connectivity index (χ0) is 12.2. The molecule has 0 aliphatic rings. The van der Waals surface area contributed by atoms with E-state index in [1.807, 2.05) is 13.8 Å². The molecule has 90 valence electrons. The summed E-state index contributed by atoms with van der Waals surface area (Å²) in [7, 11) is -3.53. The topological polar surface area (TPSA) is 72.0 Å². The van der Waals surface area contributed by atoms with Crippen molar-refractivity contribution in [2.24, 2.45) is 0 Å². The Morgan fingerprint density at radius 1 is 1.44 bits per heavy atom. The van der Waals surface area contributed by atoms with E-state index in [4.69, 9.17) is 11.6 Å². The Bertz CT molecular complexity index is 433. The van der Waals surface area contributed by atoms with Crippen LogP contribution in [0, 0.1) is 0 Å². The summed E-state index contributed by atoms with van der Waals surface area (Å²) in [6.07, 6.45) is 4.08. The Labute approximate surface area is 100 Å². The first kappa shape index (κ1) is 13.3. The summed E-state index contributed by atoms with van der Waals surface area (Å²) in [6, 6.07) is -0.106. The van der Waals surface area contributed by atoms with Gasteiger partial charge in [-0.2, -0.15) is 0 Å². The second-order valence-corrected chi connectivity index (χ2v) is 5.55. The van der Waals surface area contributed by atoms with Crippen LogP contribution in [-0.2, 0) is 10.0 Å². The molecule has 0 saturated carbocycles. The molecule has 1 rings (SSSR count). The van der Waals surface area contributed by atoms with Crippen LogP contribution in [0.4, 0.5) is 0 Å². The van der Waals surface area contributed by atoms with Crippen molar-refractivity contribution in [1.29, 1.82) is 0 Å². The van der Waals surface area contributed by atoms with Crippen molar-refractivity contribution in [2.45, 2.75) is 37.6 Å². The van der Waals surface area contributed by atoms with E-state index in [1.165, 1.54) is 12.4 Å². The van der Waals surface area contributed by atoms with Gasteiger partial charge < -0.3 is 0 Å². The summed E-state index contributed by atoms with van der Waals surface area (Å²) in [6.45, 7) is 3.81. The number of nitrogens with one attached hydrogen (secondary N) is 1. The van der Waals surface area contributed by atoms with Gasteiger partial charge in [-0.25, -0.2) is 23.1 Å². The first-order valence-corrected chi connectivity index (χ1v) is 6.81. The van der Waals surface area contributed by atoms with Crippen LogP contribution in [0.2, 0.25) is 5.28 Å². The predicted molar refractivity (Wildman–Crippen MR) is 61.7 cm³/mol. The van der Waals surface area contributed by atoms with Gasteiger partial charge in [-0.1, -0.05) is 13.3 Å². The third kappa shape index (κ3) is 3.70. The van der Waals surface area contributed by atoms with Crippen molar-refractivity contribution in [2.75, 3.05) is 0 Å². The molecule has 5 nitrogen and oxygen atoms in total. The fraction of sp³-hybridized carbons (Fsp3) is 0.556. The first-order chi connectivity index (χ1) is 7.45. The molecule has 0 fully saturated rings. The van der Waals surface area contributed by atoms with E-state index in [0.717, 1.165) is 12.8 Å². The highest BCUT2D eigenvalue weighted by Crippen LogP contribution is 2.09. The molecule has 0 aromatic carbocycles. The van der Waals surface area contributed by atoms with Gasteiger partial charge in [0.15, 0.2) is 0 Å². The van der Waals surface area contributed by atoms with E-state index in [9.17, 15) is 8.42 Å². The molecule has 1 aromatic rings. The Hall–Kier alpha value is -0.720. The van der Waals surface area contributed by atoms with E-state index in [2.05, 4.69) is 14.7 Å². The van der Waals surface area contributed by atoms with Crippen LogP contribution < -0.4 is 4.72 Å². The third-order valence-electron chi connectivity index (χ3n) is 1.98. The molecular formula is C9H14ClN3O2S. The highest BCUT2D eigenvalue weighted by Gasteiger charge is 2.17. The molecule has 7 heteroatoms. The lowest BCUT2D eigenvalue weighted by molar-refractivity contribution is 0.543. The van der Waals surface area contributed by atoms with Crippen LogP contribution in [0.3, 0.4) is 0 Å². The molecule has 0 aliphatic carbocycles. The van der Waals surface area contributed by atoms with Crippen LogP contribution in [0.15, 0.2) is 17.3 Å². The zero-order valence-electron chi connectivity index (χ0n) is 9.14. The van der Waals surface area contributed by atoms with Gasteiger partial charge >= 0.3 is 0 Å². The summed E-state index contributed by atoms with van der Waals surface area (Å²) < 4.78 is 26.1. The molecule has 1 unspecified atom stereocenters. The van der Waals surface area contributed by atoms with E-state index >= 15 is 0 Å². The molecule has 1 aromatic heterocycles. The number of halogens is 1. The zero-order valence-corrected chi connectivity index (χ0v) is 10.7. The molecule has 0 spiro atoms. The maximum Gasteiger partial charge on any atom is 0.243 e. The standard InChI is InChI=1S/C9H14ClN3O2S/c1-3-4-7(2)13-16(14,15)8-5-11-9(10)12-6-8/h5-7,13H,3-4H2,1-2H3. The summed E-state index contributed by atoms with van der Waals surface area (Å²) in [5, 5.41) is 0.0283. The molecule has 0 saturated heterocycles. The number of hydrogen-bond donors (Lipinski definition) is 1. The average Bonchev–Trinajstić information content (AvgIpc) is 2.17. The molecule has 16 heavy (non-hydrogen) atoms. The second-order valence-electron chi connectivity index (χ2n) is 3.50. The van der Waals surface area contributed by atoms with Crippen molar-refractivity contribution in [3.05, 3.63) is 17.7 Å². The SMILES string of the molecule is CCCC(C)NS(=O)(=O)c1cnc(Cl)nc1. The molecule has 1 atom stereocenters. The normalized spacial score (nSPS) is 13.7. The fourth-order valence-electron chi connectivity index (χ4n) is 1.26. The lowest BCUT2D eigenvalue weighted by atomic mass is 10.2. The average molecular weight is 264 g/mol. The van der Waals surface area contributed by atoms with Gasteiger partial charge in [0.25, 0.3) is 0 Å². The van der Waals surface area contributed by atoms with E-state index < -0.39 is 10.0 Å². The molecular weight excluding hydrogens is 250 g/mol. The maximum atomic E-state index is 11.8. The van der Waals surface area contributed by atoms with Crippen molar-refractivity contribution >= 4 is 21.6 Å². The van der Waals surface area contributed by atoms with Gasteiger partial charge in [-0.15, -0.1) is 0 Å². The number of rotatable bonds is 5. The summed E-state index contributed by atoms with van der Waals surface area (Å²) >= 11 is 5.48. The van der Waals surface area contributed by atoms with Crippen LogP contribution in [0.25, 0.3) is 0 Å². The number of sulfonamides is 1. The van der Waals surface area contributed by atoms with E-state index in [1.54, 1.807) is 0 Å². The van der Waals surface area contributed by atoms with Crippen molar-refractivity contribution in [3.63, 3.8) is 0 Å². The van der Waals surface area contributed by atoms with Gasteiger partial charge in [0, 0.05) is 6.04 Å². The number of hydrogen-bond acceptors (Lipinski definition) is 4. The van der Waals surface area contributed by atoms with Crippen LogP contribution >= 0.6 is 11.6 Å². The number of nitrogens with zero attached hydrogens (tertiary/aromatic N) is 2. The first-order valence-electron chi connectivity index (χ1n) is 4.95. The maximum absolute atomic E-state index is 11.8. The molecule has 0 amide bonds. The lowest BCUT2D eigenvalue weighted by Gasteiger charge is -2.12. The quantitative estimate of drug-likeness (QED) is 0.819. The van der Waals surface area contributed by atoms with E-state index in [0.29, 0.717) is 0 Å². The van der Waals surface area contributed by atoms with Crippen molar-refractivity contribution < 1.29 is 8.42 Å². The Kier molecular flexibility index (Phi) is 4.64. The Morgan fingerprint density at radius 2 is 2.00 bits per heavy atom. The third-order valence-corrected chi connectivity index (χ3v) is 3.72.